The van der Waals surface area contributed by atoms with Crippen LogP contribution in [-0.4, -0.2) is 50.6 Å². The van der Waals surface area contributed by atoms with Crippen molar-refractivity contribution < 1.29 is 36.4 Å². The van der Waals surface area contributed by atoms with Crippen LogP contribution in [0.25, 0.3) is 11.5 Å². The van der Waals surface area contributed by atoms with E-state index >= 15 is 0 Å². The molecule has 32 heavy (non-hydrogen) atoms. The first-order chi connectivity index (χ1) is 15.2. The van der Waals surface area contributed by atoms with Crippen molar-refractivity contribution in [1.82, 2.24) is 4.90 Å². The van der Waals surface area contributed by atoms with Gasteiger partial charge in [-0.3, -0.25) is 4.90 Å². The summed E-state index contributed by atoms with van der Waals surface area (Å²) < 4.78 is 16.3. The van der Waals surface area contributed by atoms with E-state index in [4.69, 9.17) is 14.2 Å². The van der Waals surface area contributed by atoms with Crippen LogP contribution in [0.5, 0.6) is 0 Å². The molecular formula is C26H29FeNO4. The fraction of sp³-hybridized carbons (Fsp3) is 0.346. The second-order valence-electron chi connectivity index (χ2n) is 7.92. The third-order valence-electron chi connectivity index (χ3n) is 5.85. The largest absolute Gasteiger partial charge is 2.00 e. The SMILES string of the molecule is COC([O-])=c1ccc(=C2C=CC(CN3CCC4(CC3)OCCO4)=C2)cc1.[Fe+2].c1cc[cH-]c1. The topological polar surface area (TPSA) is 54.0 Å². The van der Waals surface area contributed by atoms with Crippen LogP contribution >= 0.6 is 0 Å². The van der Waals surface area contributed by atoms with Gasteiger partial charge in [-0.25, -0.2) is 12.1 Å². The summed E-state index contributed by atoms with van der Waals surface area (Å²) in [4.78, 5) is 2.45. The molecule has 0 atom stereocenters. The second kappa shape index (κ2) is 11.6. The van der Waals surface area contributed by atoms with Gasteiger partial charge in [0.05, 0.1) is 19.2 Å². The number of hydrogen-bond donors (Lipinski definition) is 0. The van der Waals surface area contributed by atoms with E-state index in [0.29, 0.717) is 5.22 Å². The van der Waals surface area contributed by atoms with Crippen LogP contribution in [0, 0.1) is 0 Å². The maximum Gasteiger partial charge on any atom is 2.00 e. The molecule has 5 nitrogen and oxygen atoms in total. The molecule has 0 aromatic heterocycles. The molecule has 0 saturated carbocycles. The fourth-order valence-corrected chi connectivity index (χ4v) is 4.10. The summed E-state index contributed by atoms with van der Waals surface area (Å²) in [6.45, 7) is 4.38. The zero-order valence-electron chi connectivity index (χ0n) is 18.3. The van der Waals surface area contributed by atoms with Crippen LogP contribution in [0.1, 0.15) is 12.8 Å². The quantitative estimate of drug-likeness (QED) is 0.500. The minimum Gasteiger partial charge on any atom is -0.616 e. The number of piperidine rings is 1. The molecule has 2 fully saturated rings. The predicted octanol–water partition coefficient (Wildman–Crippen LogP) is 1.65. The molecule has 170 valence electrons. The van der Waals surface area contributed by atoms with Gasteiger partial charge in [-0.05, 0) is 34.8 Å². The summed E-state index contributed by atoms with van der Waals surface area (Å²) in [6.07, 6.45) is 8.42. The molecular weight excluding hydrogens is 446 g/mol. The standard InChI is InChI=1S/C21H25NO4.C5H5.Fe/c1-24-20(23)18-6-4-17(5-7-18)19-3-2-16(14-19)15-22-10-8-21(9-11-22)25-12-13-26-21;1-2-4-5-3-1;/h2-7,14,23H,8-13,15H2,1H3;1-5H;/q;-1;+2/p-1. The van der Waals surface area contributed by atoms with Crippen molar-refractivity contribution in [3.63, 3.8) is 0 Å². The van der Waals surface area contributed by atoms with Gasteiger partial charge >= 0.3 is 17.1 Å². The normalized spacial score (nSPS) is 19.2. The van der Waals surface area contributed by atoms with E-state index in [9.17, 15) is 5.11 Å². The molecule has 0 N–H and O–H groups in total. The van der Waals surface area contributed by atoms with Crippen LogP contribution in [0.15, 0.2) is 78.4 Å². The zero-order valence-corrected chi connectivity index (χ0v) is 19.4. The first kappa shape index (κ1) is 24.4. The van der Waals surface area contributed by atoms with Crippen LogP contribution in [0.3, 0.4) is 0 Å². The molecule has 0 unspecified atom stereocenters. The molecule has 2 aromatic carbocycles. The molecule has 0 radical (unpaired) electrons. The summed E-state index contributed by atoms with van der Waals surface area (Å²) in [5.41, 5.74) is 2.48. The second-order valence-corrected chi connectivity index (χ2v) is 7.92. The molecule has 0 amide bonds. The van der Waals surface area contributed by atoms with Gasteiger partial charge in [-0.15, -0.1) is 0 Å². The Balaban J connectivity index is 0.000000427. The van der Waals surface area contributed by atoms with Crippen molar-refractivity contribution in [3.8, 4) is 0 Å². The average Bonchev–Trinajstić information content (AvgIpc) is 3.60. The fourth-order valence-electron chi connectivity index (χ4n) is 4.10. The summed E-state index contributed by atoms with van der Waals surface area (Å²) in [7, 11) is 1.40. The Kier molecular flexibility index (Phi) is 8.85. The summed E-state index contributed by atoms with van der Waals surface area (Å²) in [5.74, 6) is -0.618. The Morgan fingerprint density at radius 2 is 1.72 bits per heavy atom. The number of hydrogen-bond acceptors (Lipinski definition) is 5. The molecule has 5 rings (SSSR count). The molecule has 2 heterocycles. The third-order valence-corrected chi connectivity index (χ3v) is 5.85. The van der Waals surface area contributed by atoms with E-state index in [0.717, 1.165) is 50.9 Å². The molecule has 0 bridgehead atoms. The van der Waals surface area contributed by atoms with E-state index in [1.54, 1.807) is 12.1 Å². The van der Waals surface area contributed by atoms with E-state index in [-0.39, 0.29) is 28.8 Å². The number of allylic oxidation sites excluding steroid dienone is 2. The average molecular weight is 475 g/mol. The Morgan fingerprint density at radius 3 is 2.28 bits per heavy atom. The molecule has 1 spiro atoms. The molecule has 2 saturated heterocycles. The first-order valence-corrected chi connectivity index (χ1v) is 10.8. The number of ether oxygens (including phenoxy) is 3. The van der Waals surface area contributed by atoms with Gasteiger partial charge in [0.2, 0.25) is 0 Å². The van der Waals surface area contributed by atoms with Gasteiger partial charge in [-0.1, -0.05) is 36.4 Å². The van der Waals surface area contributed by atoms with Crippen LogP contribution in [0.4, 0.5) is 0 Å². The van der Waals surface area contributed by atoms with Gasteiger partial charge in [0.1, 0.15) is 0 Å². The number of benzene rings is 1. The number of nitrogens with zero attached hydrogens (tertiary/aromatic N) is 1. The number of rotatable bonds is 3. The smallest absolute Gasteiger partial charge is 0.616 e. The van der Waals surface area contributed by atoms with Crippen molar-refractivity contribution in [2.75, 3.05) is 40.0 Å². The third kappa shape index (κ3) is 6.18. The van der Waals surface area contributed by atoms with Gasteiger partial charge in [0, 0.05) is 32.5 Å². The minimum atomic E-state index is -0.310. The van der Waals surface area contributed by atoms with E-state index in [1.165, 1.54) is 18.3 Å². The minimum absolute atomic E-state index is 0. The number of likely N-dealkylation sites (tertiary alicyclic amines) is 1. The van der Waals surface area contributed by atoms with Gasteiger partial charge < -0.3 is 19.3 Å². The molecule has 3 aliphatic rings. The number of methoxy groups -OCH3 is 1. The monoisotopic (exact) mass is 475 g/mol. The molecule has 2 aliphatic heterocycles. The predicted molar refractivity (Wildman–Crippen MR) is 119 cm³/mol. The zero-order chi connectivity index (χ0) is 21.5. The summed E-state index contributed by atoms with van der Waals surface area (Å²) in [6, 6.07) is 17.5. The van der Waals surface area contributed by atoms with E-state index < -0.39 is 0 Å². The van der Waals surface area contributed by atoms with Crippen molar-refractivity contribution in [2.45, 2.75) is 18.6 Å². The van der Waals surface area contributed by atoms with Crippen LogP contribution in [-0.2, 0) is 31.3 Å². The molecule has 6 heteroatoms. The Hall–Kier alpha value is -2.21. The van der Waals surface area contributed by atoms with E-state index in [1.807, 2.05) is 42.5 Å². The molecule has 2 aromatic rings. The van der Waals surface area contributed by atoms with Crippen LogP contribution < -0.4 is 15.5 Å². The summed E-state index contributed by atoms with van der Waals surface area (Å²) in [5, 5.41) is 13.2. The van der Waals surface area contributed by atoms with Crippen molar-refractivity contribution in [2.24, 2.45) is 0 Å². The van der Waals surface area contributed by atoms with E-state index in [2.05, 4.69) is 23.1 Å². The Morgan fingerprint density at radius 1 is 1.06 bits per heavy atom. The van der Waals surface area contributed by atoms with Crippen molar-refractivity contribution >= 4 is 11.5 Å². The van der Waals surface area contributed by atoms with Gasteiger partial charge in [0.25, 0.3) is 0 Å². The Bertz CT molecular complexity index is 986. The van der Waals surface area contributed by atoms with Crippen molar-refractivity contribution in [3.05, 3.63) is 88.8 Å². The van der Waals surface area contributed by atoms with Crippen LogP contribution in [0.2, 0.25) is 0 Å². The molecule has 1 aliphatic carbocycles. The Labute approximate surface area is 200 Å². The summed E-state index contributed by atoms with van der Waals surface area (Å²) >= 11 is 0. The van der Waals surface area contributed by atoms with Gasteiger partial charge in [0.15, 0.2) is 5.79 Å². The van der Waals surface area contributed by atoms with Crippen molar-refractivity contribution in [1.29, 1.82) is 0 Å². The first-order valence-electron chi connectivity index (χ1n) is 10.8. The maximum atomic E-state index is 11.5. The maximum absolute atomic E-state index is 11.5. The van der Waals surface area contributed by atoms with Gasteiger partial charge in [-0.2, -0.15) is 18.2 Å².